The standard InChI is InChI=1S/C11H20N4O2/c1-2-4-15(6-7-16)11(17)10-8-14(5-3-12)9-13-10/h8-9,16H,2-7,12H2,1H3. The molecule has 6 nitrogen and oxygen atoms in total. The van der Waals surface area contributed by atoms with Crippen LogP contribution in [0, 0.1) is 0 Å². The lowest BCUT2D eigenvalue weighted by Crippen LogP contribution is -2.34. The molecule has 1 aromatic rings. The molecule has 1 heterocycles. The maximum atomic E-state index is 12.1. The first-order valence-corrected chi connectivity index (χ1v) is 5.84. The number of nitrogens with zero attached hydrogens (tertiary/aromatic N) is 3. The number of imidazole rings is 1. The number of amides is 1. The van der Waals surface area contributed by atoms with E-state index in [0.717, 1.165) is 6.42 Å². The Hall–Kier alpha value is -1.40. The van der Waals surface area contributed by atoms with Crippen LogP contribution in [0.1, 0.15) is 23.8 Å². The third-order valence-corrected chi connectivity index (χ3v) is 2.39. The summed E-state index contributed by atoms with van der Waals surface area (Å²) in [4.78, 5) is 17.7. The molecule has 0 unspecified atom stereocenters. The number of rotatable bonds is 7. The van der Waals surface area contributed by atoms with Crippen LogP contribution in [-0.2, 0) is 6.54 Å². The van der Waals surface area contributed by atoms with Gasteiger partial charge in [0.15, 0.2) is 0 Å². The Bertz CT molecular complexity index is 345. The number of aliphatic hydroxyl groups is 1. The van der Waals surface area contributed by atoms with E-state index in [1.807, 2.05) is 6.92 Å². The van der Waals surface area contributed by atoms with E-state index in [2.05, 4.69) is 4.98 Å². The van der Waals surface area contributed by atoms with Gasteiger partial charge in [-0.3, -0.25) is 4.79 Å². The highest BCUT2D eigenvalue weighted by molar-refractivity contribution is 5.92. The lowest BCUT2D eigenvalue weighted by atomic mass is 10.3. The average molecular weight is 240 g/mol. The van der Waals surface area contributed by atoms with Crippen molar-refractivity contribution < 1.29 is 9.90 Å². The molecule has 3 N–H and O–H groups in total. The molecular formula is C11H20N4O2. The summed E-state index contributed by atoms with van der Waals surface area (Å²) in [6.07, 6.45) is 4.15. The highest BCUT2D eigenvalue weighted by Crippen LogP contribution is 2.03. The van der Waals surface area contributed by atoms with Crippen molar-refractivity contribution in [1.29, 1.82) is 0 Å². The Morgan fingerprint density at radius 3 is 2.94 bits per heavy atom. The molecule has 0 spiro atoms. The van der Waals surface area contributed by atoms with Crippen molar-refractivity contribution in [2.75, 3.05) is 26.2 Å². The third kappa shape index (κ3) is 3.83. The molecule has 1 amide bonds. The molecule has 0 atom stereocenters. The molecule has 0 aliphatic carbocycles. The highest BCUT2D eigenvalue weighted by atomic mass is 16.3. The van der Waals surface area contributed by atoms with Crippen LogP contribution >= 0.6 is 0 Å². The Labute approximate surface area is 101 Å². The maximum Gasteiger partial charge on any atom is 0.274 e. The van der Waals surface area contributed by atoms with E-state index >= 15 is 0 Å². The molecule has 0 aromatic carbocycles. The highest BCUT2D eigenvalue weighted by Gasteiger charge is 2.16. The number of carbonyl (C=O) groups is 1. The summed E-state index contributed by atoms with van der Waals surface area (Å²) in [6.45, 7) is 4.09. The van der Waals surface area contributed by atoms with Gasteiger partial charge in [-0.1, -0.05) is 6.92 Å². The van der Waals surface area contributed by atoms with Crippen molar-refractivity contribution in [3.8, 4) is 0 Å². The summed E-state index contributed by atoms with van der Waals surface area (Å²) >= 11 is 0. The van der Waals surface area contributed by atoms with E-state index < -0.39 is 0 Å². The summed E-state index contributed by atoms with van der Waals surface area (Å²) in [5.74, 6) is -0.142. The number of aliphatic hydroxyl groups excluding tert-OH is 1. The van der Waals surface area contributed by atoms with Crippen LogP contribution < -0.4 is 5.73 Å². The Kier molecular flexibility index (Phi) is 5.65. The molecule has 0 saturated carbocycles. The lowest BCUT2D eigenvalue weighted by Gasteiger charge is -2.19. The van der Waals surface area contributed by atoms with E-state index in [0.29, 0.717) is 31.9 Å². The van der Waals surface area contributed by atoms with Gasteiger partial charge < -0.3 is 20.3 Å². The maximum absolute atomic E-state index is 12.1. The monoisotopic (exact) mass is 240 g/mol. The molecule has 6 heteroatoms. The van der Waals surface area contributed by atoms with Crippen molar-refractivity contribution in [2.45, 2.75) is 19.9 Å². The first-order chi connectivity index (χ1) is 8.22. The largest absolute Gasteiger partial charge is 0.395 e. The van der Waals surface area contributed by atoms with E-state index in [4.69, 9.17) is 10.8 Å². The van der Waals surface area contributed by atoms with Gasteiger partial charge in [-0.25, -0.2) is 4.98 Å². The van der Waals surface area contributed by atoms with E-state index in [1.165, 1.54) is 0 Å². The number of carbonyl (C=O) groups excluding carboxylic acids is 1. The molecule has 17 heavy (non-hydrogen) atoms. The molecule has 0 aliphatic heterocycles. The van der Waals surface area contributed by atoms with Gasteiger partial charge in [0.1, 0.15) is 5.69 Å². The fourth-order valence-corrected chi connectivity index (χ4v) is 1.61. The van der Waals surface area contributed by atoms with Crippen LogP contribution in [0.2, 0.25) is 0 Å². The van der Waals surface area contributed by atoms with Gasteiger partial charge in [0.25, 0.3) is 5.91 Å². The summed E-state index contributed by atoms with van der Waals surface area (Å²) in [5, 5.41) is 8.91. The zero-order valence-corrected chi connectivity index (χ0v) is 10.2. The normalized spacial score (nSPS) is 10.5. The molecule has 0 radical (unpaired) electrons. The number of nitrogens with two attached hydrogens (primary N) is 1. The lowest BCUT2D eigenvalue weighted by molar-refractivity contribution is 0.0716. The van der Waals surface area contributed by atoms with Crippen molar-refractivity contribution >= 4 is 5.91 Å². The summed E-state index contributed by atoms with van der Waals surface area (Å²) in [7, 11) is 0. The Morgan fingerprint density at radius 2 is 2.35 bits per heavy atom. The zero-order chi connectivity index (χ0) is 12.7. The number of aromatic nitrogens is 2. The van der Waals surface area contributed by atoms with Crippen molar-refractivity contribution in [3.63, 3.8) is 0 Å². The molecule has 0 aliphatic rings. The number of hydrogen-bond donors (Lipinski definition) is 2. The van der Waals surface area contributed by atoms with Crippen molar-refractivity contribution in [1.82, 2.24) is 14.5 Å². The van der Waals surface area contributed by atoms with E-state index in [1.54, 1.807) is 22.0 Å². The first-order valence-electron chi connectivity index (χ1n) is 5.84. The minimum absolute atomic E-state index is 0.0325. The van der Waals surface area contributed by atoms with Gasteiger partial charge in [0.2, 0.25) is 0 Å². The van der Waals surface area contributed by atoms with Crippen LogP contribution in [0.5, 0.6) is 0 Å². The van der Waals surface area contributed by atoms with Gasteiger partial charge in [-0.2, -0.15) is 0 Å². The predicted molar refractivity (Wildman–Crippen MR) is 64.6 cm³/mol. The van der Waals surface area contributed by atoms with Gasteiger partial charge in [-0.05, 0) is 6.42 Å². The second-order valence-electron chi connectivity index (χ2n) is 3.80. The van der Waals surface area contributed by atoms with Gasteiger partial charge in [-0.15, -0.1) is 0 Å². The minimum atomic E-state index is -0.142. The first kappa shape index (κ1) is 13.7. The topological polar surface area (TPSA) is 84.4 Å². The average Bonchev–Trinajstić information content (AvgIpc) is 2.77. The minimum Gasteiger partial charge on any atom is -0.395 e. The fraction of sp³-hybridized carbons (Fsp3) is 0.636. The molecule has 0 saturated heterocycles. The zero-order valence-electron chi connectivity index (χ0n) is 10.2. The van der Waals surface area contributed by atoms with Crippen LogP contribution in [0.25, 0.3) is 0 Å². The summed E-state index contributed by atoms with van der Waals surface area (Å²) in [6, 6.07) is 0. The van der Waals surface area contributed by atoms with Crippen LogP contribution in [0.3, 0.4) is 0 Å². The molecule has 1 rings (SSSR count). The van der Waals surface area contributed by atoms with Crippen LogP contribution in [-0.4, -0.2) is 51.7 Å². The summed E-state index contributed by atoms with van der Waals surface area (Å²) in [5.41, 5.74) is 5.83. The second kappa shape index (κ2) is 7.03. The quantitative estimate of drug-likeness (QED) is 0.684. The van der Waals surface area contributed by atoms with Gasteiger partial charge in [0.05, 0.1) is 12.9 Å². The second-order valence-corrected chi connectivity index (χ2v) is 3.80. The predicted octanol–water partition coefficient (Wildman–Crippen LogP) is -0.314. The van der Waals surface area contributed by atoms with Crippen LogP contribution in [0.4, 0.5) is 0 Å². The fourth-order valence-electron chi connectivity index (χ4n) is 1.61. The SMILES string of the molecule is CCCN(CCO)C(=O)c1cn(CCN)cn1. The van der Waals surface area contributed by atoms with Gasteiger partial charge >= 0.3 is 0 Å². The molecule has 96 valence electrons. The van der Waals surface area contributed by atoms with Crippen molar-refractivity contribution in [2.24, 2.45) is 5.73 Å². The van der Waals surface area contributed by atoms with Crippen LogP contribution in [0.15, 0.2) is 12.5 Å². The van der Waals surface area contributed by atoms with Crippen molar-refractivity contribution in [3.05, 3.63) is 18.2 Å². The Morgan fingerprint density at radius 1 is 1.59 bits per heavy atom. The molecule has 0 bridgehead atoms. The van der Waals surface area contributed by atoms with E-state index in [9.17, 15) is 4.79 Å². The third-order valence-electron chi connectivity index (χ3n) is 2.39. The van der Waals surface area contributed by atoms with Gasteiger partial charge in [0, 0.05) is 32.4 Å². The summed E-state index contributed by atoms with van der Waals surface area (Å²) < 4.78 is 1.79. The smallest absolute Gasteiger partial charge is 0.274 e. The van der Waals surface area contributed by atoms with E-state index in [-0.39, 0.29) is 12.5 Å². The number of hydrogen-bond acceptors (Lipinski definition) is 4. The molecular weight excluding hydrogens is 220 g/mol. The molecule has 1 aromatic heterocycles. The molecule has 0 fully saturated rings. The Balaban J connectivity index is 2.70.